The lowest BCUT2D eigenvalue weighted by Crippen LogP contribution is -2.43. The molecule has 1 aliphatic heterocycles. The van der Waals surface area contributed by atoms with Gasteiger partial charge in [0.15, 0.2) is 5.76 Å². The Morgan fingerprint density at radius 2 is 1.83 bits per heavy atom. The van der Waals surface area contributed by atoms with Gasteiger partial charge in [0.1, 0.15) is 11.6 Å². The van der Waals surface area contributed by atoms with Gasteiger partial charge in [-0.25, -0.2) is 4.39 Å². The lowest BCUT2D eigenvalue weighted by molar-refractivity contribution is 0.0672. The van der Waals surface area contributed by atoms with Gasteiger partial charge in [-0.2, -0.15) is 0 Å². The predicted molar refractivity (Wildman–Crippen MR) is 89.3 cm³/mol. The quantitative estimate of drug-likeness (QED) is 0.933. The van der Waals surface area contributed by atoms with Crippen molar-refractivity contribution in [3.63, 3.8) is 0 Å². The Hall–Kier alpha value is -1.85. The molecule has 6 heteroatoms. The molecule has 0 aliphatic carbocycles. The normalized spacial score (nSPS) is 15.0. The summed E-state index contributed by atoms with van der Waals surface area (Å²) < 4.78 is 18.6. The minimum Gasteiger partial charge on any atom is -0.451 e. The second-order valence-corrected chi connectivity index (χ2v) is 5.57. The van der Waals surface area contributed by atoms with Gasteiger partial charge < -0.3 is 14.6 Å². The van der Waals surface area contributed by atoms with Crippen LogP contribution in [0.5, 0.6) is 0 Å². The van der Waals surface area contributed by atoms with Crippen molar-refractivity contribution in [2.45, 2.75) is 18.9 Å². The molecular formula is C17H20ClFN2O2. The van der Waals surface area contributed by atoms with Crippen molar-refractivity contribution in [3.05, 3.63) is 48.0 Å². The number of carbonyl (C=O) groups is 1. The number of piperidine rings is 1. The summed E-state index contributed by atoms with van der Waals surface area (Å²) in [5.41, 5.74) is 0.755. The number of amides is 1. The van der Waals surface area contributed by atoms with Crippen molar-refractivity contribution < 1.29 is 13.6 Å². The lowest BCUT2D eigenvalue weighted by atomic mass is 10.1. The second kappa shape index (κ2) is 7.62. The summed E-state index contributed by atoms with van der Waals surface area (Å²) >= 11 is 0. The van der Waals surface area contributed by atoms with Crippen molar-refractivity contribution in [2.75, 3.05) is 20.1 Å². The Morgan fingerprint density at radius 3 is 2.48 bits per heavy atom. The smallest absolute Gasteiger partial charge is 0.289 e. The molecule has 1 saturated heterocycles. The number of nitrogens with one attached hydrogen (secondary N) is 1. The first-order valence-electron chi connectivity index (χ1n) is 7.49. The Labute approximate surface area is 141 Å². The molecule has 4 nitrogen and oxygen atoms in total. The first-order chi connectivity index (χ1) is 10.6. The number of hydrogen-bond acceptors (Lipinski definition) is 3. The first-order valence-corrected chi connectivity index (χ1v) is 7.49. The zero-order valence-corrected chi connectivity index (χ0v) is 13.7. The molecule has 0 saturated carbocycles. The van der Waals surface area contributed by atoms with Gasteiger partial charge in [0.25, 0.3) is 5.91 Å². The highest BCUT2D eigenvalue weighted by Crippen LogP contribution is 2.24. The van der Waals surface area contributed by atoms with Gasteiger partial charge in [0.05, 0.1) is 0 Å². The Morgan fingerprint density at radius 1 is 1.17 bits per heavy atom. The van der Waals surface area contributed by atoms with E-state index in [0.29, 0.717) is 11.5 Å². The fourth-order valence-electron chi connectivity index (χ4n) is 2.76. The molecule has 0 bridgehead atoms. The lowest BCUT2D eigenvalue weighted by Gasteiger charge is -2.31. The Bertz CT molecular complexity index is 651. The van der Waals surface area contributed by atoms with Gasteiger partial charge in [0.2, 0.25) is 0 Å². The van der Waals surface area contributed by atoms with E-state index in [1.54, 1.807) is 29.2 Å². The third-order valence-corrected chi connectivity index (χ3v) is 4.12. The maximum atomic E-state index is 13.0. The fraction of sp³-hybridized carbons (Fsp3) is 0.353. The Balaban J connectivity index is 0.00000192. The van der Waals surface area contributed by atoms with Crippen LogP contribution in [0.3, 0.4) is 0 Å². The SMILES string of the molecule is CN(C(=O)c1ccc(-c2ccc(F)cc2)o1)C1CCNCC1.Cl. The molecule has 1 aliphatic rings. The monoisotopic (exact) mass is 338 g/mol. The number of carbonyl (C=O) groups excluding carboxylic acids is 1. The topological polar surface area (TPSA) is 45.5 Å². The van der Waals surface area contributed by atoms with Crippen LogP contribution in [0.2, 0.25) is 0 Å². The number of nitrogens with zero attached hydrogens (tertiary/aromatic N) is 1. The minimum atomic E-state index is -0.294. The van der Waals surface area contributed by atoms with Crippen LogP contribution < -0.4 is 5.32 Å². The van der Waals surface area contributed by atoms with E-state index < -0.39 is 0 Å². The van der Waals surface area contributed by atoms with Crippen LogP contribution >= 0.6 is 12.4 Å². The fourth-order valence-corrected chi connectivity index (χ4v) is 2.76. The van der Waals surface area contributed by atoms with Crippen molar-refractivity contribution in [2.24, 2.45) is 0 Å². The number of benzene rings is 1. The minimum absolute atomic E-state index is 0. The molecule has 0 atom stereocenters. The van der Waals surface area contributed by atoms with Crippen LogP contribution in [0.25, 0.3) is 11.3 Å². The molecule has 1 amide bonds. The molecular weight excluding hydrogens is 319 g/mol. The van der Waals surface area contributed by atoms with Gasteiger partial charge in [0, 0.05) is 18.7 Å². The maximum Gasteiger partial charge on any atom is 0.289 e. The molecule has 2 heterocycles. The van der Waals surface area contributed by atoms with Crippen LogP contribution in [-0.2, 0) is 0 Å². The molecule has 124 valence electrons. The zero-order valence-electron chi connectivity index (χ0n) is 12.9. The van der Waals surface area contributed by atoms with Gasteiger partial charge >= 0.3 is 0 Å². The molecule has 1 aromatic carbocycles. The van der Waals surface area contributed by atoms with E-state index in [2.05, 4.69) is 5.32 Å². The van der Waals surface area contributed by atoms with E-state index in [1.165, 1.54) is 12.1 Å². The van der Waals surface area contributed by atoms with Gasteiger partial charge in [-0.3, -0.25) is 4.79 Å². The van der Waals surface area contributed by atoms with E-state index >= 15 is 0 Å². The van der Waals surface area contributed by atoms with Crippen LogP contribution in [0.1, 0.15) is 23.4 Å². The summed E-state index contributed by atoms with van der Waals surface area (Å²) in [6.45, 7) is 1.86. The summed E-state index contributed by atoms with van der Waals surface area (Å²) in [6.07, 6.45) is 1.90. The van der Waals surface area contributed by atoms with Crippen LogP contribution in [0.4, 0.5) is 4.39 Å². The summed E-state index contributed by atoms with van der Waals surface area (Å²) in [4.78, 5) is 14.3. The summed E-state index contributed by atoms with van der Waals surface area (Å²) in [6, 6.07) is 9.70. The molecule has 1 N–H and O–H groups in total. The third kappa shape index (κ3) is 3.92. The van der Waals surface area contributed by atoms with E-state index in [0.717, 1.165) is 31.5 Å². The molecule has 23 heavy (non-hydrogen) atoms. The predicted octanol–water partition coefficient (Wildman–Crippen LogP) is 3.33. The highest BCUT2D eigenvalue weighted by molar-refractivity contribution is 5.92. The highest BCUT2D eigenvalue weighted by atomic mass is 35.5. The largest absolute Gasteiger partial charge is 0.451 e. The van der Waals surface area contributed by atoms with Crippen molar-refractivity contribution in [3.8, 4) is 11.3 Å². The molecule has 0 unspecified atom stereocenters. The van der Waals surface area contributed by atoms with Crippen LogP contribution in [0, 0.1) is 5.82 Å². The van der Waals surface area contributed by atoms with Crippen molar-refractivity contribution in [1.29, 1.82) is 0 Å². The molecule has 3 rings (SSSR count). The summed E-state index contributed by atoms with van der Waals surface area (Å²) in [5, 5.41) is 3.29. The number of furan rings is 1. The maximum absolute atomic E-state index is 13.0. The van der Waals surface area contributed by atoms with Gasteiger partial charge in [-0.05, 0) is 62.3 Å². The third-order valence-electron chi connectivity index (χ3n) is 4.12. The first kappa shape index (κ1) is 17.5. The van der Waals surface area contributed by atoms with Crippen LogP contribution in [0.15, 0.2) is 40.8 Å². The van der Waals surface area contributed by atoms with E-state index in [4.69, 9.17) is 4.42 Å². The van der Waals surface area contributed by atoms with E-state index in [9.17, 15) is 9.18 Å². The molecule has 0 radical (unpaired) electrons. The molecule has 0 spiro atoms. The molecule has 1 fully saturated rings. The summed E-state index contributed by atoms with van der Waals surface area (Å²) in [7, 11) is 1.82. The average Bonchev–Trinajstić information content (AvgIpc) is 3.05. The molecule has 1 aromatic heterocycles. The zero-order chi connectivity index (χ0) is 15.5. The number of rotatable bonds is 3. The number of hydrogen-bond donors (Lipinski definition) is 1. The standard InChI is InChI=1S/C17H19FN2O2.ClH/c1-20(14-8-10-19-11-9-14)17(21)16-7-6-15(22-16)12-2-4-13(18)5-3-12;/h2-7,14,19H,8-11H2,1H3;1H. The summed E-state index contributed by atoms with van der Waals surface area (Å²) in [5.74, 6) is 0.486. The van der Waals surface area contributed by atoms with Crippen molar-refractivity contribution >= 4 is 18.3 Å². The molecule has 2 aromatic rings. The van der Waals surface area contributed by atoms with Crippen molar-refractivity contribution in [1.82, 2.24) is 10.2 Å². The number of halogens is 2. The van der Waals surface area contributed by atoms with E-state index in [1.807, 2.05) is 7.05 Å². The average molecular weight is 339 g/mol. The second-order valence-electron chi connectivity index (χ2n) is 5.57. The highest BCUT2D eigenvalue weighted by Gasteiger charge is 2.24. The van der Waals surface area contributed by atoms with Gasteiger partial charge in [-0.15, -0.1) is 12.4 Å². The Kier molecular flexibility index (Phi) is 5.80. The van der Waals surface area contributed by atoms with Gasteiger partial charge in [-0.1, -0.05) is 0 Å². The van der Waals surface area contributed by atoms with E-state index in [-0.39, 0.29) is 30.2 Å². The van der Waals surface area contributed by atoms with Crippen LogP contribution in [-0.4, -0.2) is 37.0 Å².